The lowest BCUT2D eigenvalue weighted by Gasteiger charge is -2.05. The molecule has 0 saturated carbocycles. The van der Waals surface area contributed by atoms with E-state index in [4.69, 9.17) is 5.26 Å². The van der Waals surface area contributed by atoms with Crippen molar-refractivity contribution in [3.05, 3.63) is 18.2 Å². The molecule has 0 bridgehead atoms. The van der Waals surface area contributed by atoms with Crippen molar-refractivity contribution in [2.45, 2.75) is 18.7 Å². The van der Waals surface area contributed by atoms with Crippen LogP contribution in [0.15, 0.2) is 12.4 Å². The van der Waals surface area contributed by atoms with Crippen molar-refractivity contribution in [2.75, 3.05) is 0 Å². The number of hydrogen-bond acceptors (Lipinski definition) is 4. The van der Waals surface area contributed by atoms with Crippen LogP contribution in [0.5, 0.6) is 0 Å². The first-order valence-electron chi connectivity index (χ1n) is 3.92. The van der Waals surface area contributed by atoms with Crippen LogP contribution in [0.4, 0.5) is 0 Å². The van der Waals surface area contributed by atoms with Gasteiger partial charge in [0.05, 0.1) is 12.6 Å². The highest BCUT2D eigenvalue weighted by atomic mass is 32.2. The summed E-state index contributed by atoms with van der Waals surface area (Å²) in [6.45, 7) is 1.39. The zero-order valence-corrected chi connectivity index (χ0v) is 8.37. The molecule has 0 amide bonds. The second-order valence-corrected chi connectivity index (χ2v) is 4.76. The number of sulfonamides is 1. The molecule has 1 unspecified atom stereocenters. The predicted molar refractivity (Wildman–Crippen MR) is 49.4 cm³/mol. The maximum atomic E-state index is 11.3. The van der Waals surface area contributed by atoms with Gasteiger partial charge >= 0.3 is 0 Å². The van der Waals surface area contributed by atoms with Crippen LogP contribution in [0.2, 0.25) is 0 Å². The lowest BCUT2D eigenvalue weighted by molar-refractivity contribution is 0.575. The van der Waals surface area contributed by atoms with Gasteiger partial charge in [0, 0.05) is 12.4 Å². The highest BCUT2D eigenvalue weighted by Crippen LogP contribution is 1.97. The van der Waals surface area contributed by atoms with E-state index in [1.165, 1.54) is 13.1 Å². The monoisotopic (exact) mass is 214 g/mol. The summed E-state index contributed by atoms with van der Waals surface area (Å²) in [7, 11) is -3.56. The summed E-state index contributed by atoms with van der Waals surface area (Å²) < 4.78 is 24.8. The predicted octanol–water partition coefficient (Wildman–Crippen LogP) is -0.259. The van der Waals surface area contributed by atoms with Crippen molar-refractivity contribution in [3.8, 4) is 6.07 Å². The minimum atomic E-state index is -3.56. The molecule has 7 heteroatoms. The Hall–Kier alpha value is -1.39. The van der Waals surface area contributed by atoms with Crippen LogP contribution in [0.25, 0.3) is 0 Å². The van der Waals surface area contributed by atoms with Gasteiger partial charge in [0.2, 0.25) is 10.0 Å². The fraction of sp³-hybridized carbons (Fsp3) is 0.429. The molecule has 0 aliphatic rings. The van der Waals surface area contributed by atoms with E-state index in [0.29, 0.717) is 5.82 Å². The smallest absolute Gasteiger partial charge is 0.228 e. The largest absolute Gasteiger partial charge is 0.347 e. The van der Waals surface area contributed by atoms with Gasteiger partial charge in [-0.2, -0.15) is 5.26 Å². The molecule has 0 spiro atoms. The van der Waals surface area contributed by atoms with Crippen LogP contribution in [0.3, 0.4) is 0 Å². The fourth-order valence-corrected chi connectivity index (χ4v) is 1.48. The van der Waals surface area contributed by atoms with Crippen molar-refractivity contribution in [3.63, 3.8) is 0 Å². The van der Waals surface area contributed by atoms with Crippen LogP contribution in [0, 0.1) is 11.3 Å². The summed E-state index contributed by atoms with van der Waals surface area (Å²) in [5, 5.41) is 7.38. The SMILES string of the molecule is CC(C#N)S(=O)(=O)NCc1ncc[nH]1. The molecular weight excluding hydrogens is 204 g/mol. The summed E-state index contributed by atoms with van der Waals surface area (Å²) in [4.78, 5) is 6.58. The first-order chi connectivity index (χ1) is 6.56. The topological polar surface area (TPSA) is 98.6 Å². The number of nitrogens with one attached hydrogen (secondary N) is 2. The van der Waals surface area contributed by atoms with E-state index in [9.17, 15) is 8.42 Å². The molecular formula is C7H10N4O2S. The van der Waals surface area contributed by atoms with E-state index >= 15 is 0 Å². The number of rotatable bonds is 4. The molecule has 1 heterocycles. The molecule has 0 aromatic carbocycles. The maximum Gasteiger partial charge on any atom is 0.228 e. The average molecular weight is 214 g/mol. The summed E-state index contributed by atoms with van der Waals surface area (Å²) in [5.41, 5.74) is 0. The van der Waals surface area contributed by atoms with Crippen LogP contribution in [0.1, 0.15) is 12.7 Å². The van der Waals surface area contributed by atoms with E-state index in [-0.39, 0.29) is 6.54 Å². The van der Waals surface area contributed by atoms with Gasteiger partial charge in [-0.15, -0.1) is 0 Å². The Bertz CT molecular complexity index is 417. The number of aromatic amines is 1. The van der Waals surface area contributed by atoms with Crippen LogP contribution in [-0.4, -0.2) is 23.6 Å². The van der Waals surface area contributed by atoms with Gasteiger partial charge in [0.15, 0.2) is 5.25 Å². The van der Waals surface area contributed by atoms with Crippen molar-refractivity contribution in [1.82, 2.24) is 14.7 Å². The van der Waals surface area contributed by atoms with Gasteiger partial charge in [0.1, 0.15) is 5.82 Å². The molecule has 1 atom stereocenters. The zero-order chi connectivity index (χ0) is 10.6. The molecule has 0 radical (unpaired) electrons. The normalized spacial score (nSPS) is 13.4. The van der Waals surface area contributed by atoms with Gasteiger partial charge in [-0.3, -0.25) is 0 Å². The first-order valence-corrected chi connectivity index (χ1v) is 5.47. The molecule has 1 aromatic heterocycles. The summed E-state index contributed by atoms with van der Waals surface area (Å²) in [5.74, 6) is 0.513. The van der Waals surface area contributed by atoms with Crippen LogP contribution in [-0.2, 0) is 16.6 Å². The summed E-state index contributed by atoms with van der Waals surface area (Å²) in [6.07, 6.45) is 3.12. The molecule has 0 fully saturated rings. The van der Waals surface area contributed by atoms with Gasteiger partial charge in [0.25, 0.3) is 0 Å². The van der Waals surface area contributed by atoms with Crippen LogP contribution < -0.4 is 4.72 Å². The van der Waals surface area contributed by atoms with E-state index in [2.05, 4.69) is 14.7 Å². The summed E-state index contributed by atoms with van der Waals surface area (Å²) in [6, 6.07) is 1.65. The minimum Gasteiger partial charge on any atom is -0.347 e. The van der Waals surface area contributed by atoms with Gasteiger partial charge in [-0.25, -0.2) is 18.1 Å². The van der Waals surface area contributed by atoms with Crippen molar-refractivity contribution >= 4 is 10.0 Å². The molecule has 76 valence electrons. The standard InChI is InChI=1S/C7H10N4O2S/c1-6(4-8)14(12,13)11-5-7-9-2-3-10-7/h2-3,6,11H,5H2,1H3,(H,9,10). The Balaban J connectivity index is 2.58. The quantitative estimate of drug-likeness (QED) is 0.721. The molecule has 0 saturated heterocycles. The lowest BCUT2D eigenvalue weighted by atomic mass is 10.5. The Labute approximate surface area is 82.0 Å². The number of nitrogens with zero attached hydrogens (tertiary/aromatic N) is 2. The third kappa shape index (κ3) is 2.55. The highest BCUT2D eigenvalue weighted by molar-refractivity contribution is 7.90. The van der Waals surface area contributed by atoms with Gasteiger partial charge in [-0.05, 0) is 6.92 Å². The van der Waals surface area contributed by atoms with E-state index in [1.54, 1.807) is 12.3 Å². The lowest BCUT2D eigenvalue weighted by Crippen LogP contribution is -2.31. The van der Waals surface area contributed by atoms with Crippen molar-refractivity contribution in [1.29, 1.82) is 5.26 Å². The number of nitriles is 1. The van der Waals surface area contributed by atoms with Crippen LogP contribution >= 0.6 is 0 Å². The molecule has 0 aliphatic carbocycles. The van der Waals surface area contributed by atoms with E-state index in [0.717, 1.165) is 0 Å². The molecule has 2 N–H and O–H groups in total. The van der Waals surface area contributed by atoms with E-state index in [1.807, 2.05) is 0 Å². The number of H-pyrrole nitrogens is 1. The third-order valence-electron chi connectivity index (χ3n) is 1.64. The van der Waals surface area contributed by atoms with Crippen molar-refractivity contribution in [2.24, 2.45) is 0 Å². The first kappa shape index (κ1) is 10.7. The molecule has 1 rings (SSSR count). The van der Waals surface area contributed by atoms with Crippen molar-refractivity contribution < 1.29 is 8.42 Å². The molecule has 1 aromatic rings. The van der Waals surface area contributed by atoms with Gasteiger partial charge < -0.3 is 4.98 Å². The summed E-state index contributed by atoms with van der Waals surface area (Å²) >= 11 is 0. The Kier molecular flexibility index (Phi) is 3.22. The Morgan fingerprint density at radius 2 is 2.50 bits per heavy atom. The zero-order valence-electron chi connectivity index (χ0n) is 7.56. The highest BCUT2D eigenvalue weighted by Gasteiger charge is 2.19. The second-order valence-electron chi connectivity index (χ2n) is 2.67. The average Bonchev–Trinajstić information content (AvgIpc) is 2.66. The Morgan fingerprint density at radius 3 is 3.00 bits per heavy atom. The number of imidazole rings is 1. The van der Waals surface area contributed by atoms with E-state index < -0.39 is 15.3 Å². The number of aromatic nitrogens is 2. The molecule has 0 aliphatic heterocycles. The minimum absolute atomic E-state index is 0.0708. The molecule has 6 nitrogen and oxygen atoms in total. The fourth-order valence-electron chi connectivity index (χ4n) is 0.758. The number of hydrogen-bond donors (Lipinski definition) is 2. The molecule has 14 heavy (non-hydrogen) atoms. The maximum absolute atomic E-state index is 11.3. The second kappa shape index (κ2) is 4.21. The third-order valence-corrected chi connectivity index (χ3v) is 3.23. The van der Waals surface area contributed by atoms with Gasteiger partial charge in [-0.1, -0.05) is 0 Å². The Morgan fingerprint density at radius 1 is 1.79 bits per heavy atom.